The van der Waals surface area contributed by atoms with Crippen LogP contribution in [0.4, 0.5) is 13.2 Å². The van der Waals surface area contributed by atoms with E-state index in [-0.39, 0.29) is 11.5 Å². The first-order valence-corrected chi connectivity index (χ1v) is 9.95. The maximum Gasteiger partial charge on any atom is 0.295 e. The highest BCUT2D eigenvalue weighted by Gasteiger charge is 2.54. The molecule has 0 saturated heterocycles. The molecule has 30 heavy (non-hydrogen) atoms. The van der Waals surface area contributed by atoms with Gasteiger partial charge in [0.2, 0.25) is 6.10 Å². The van der Waals surface area contributed by atoms with Crippen LogP contribution in [0.3, 0.4) is 0 Å². The molecule has 150 valence electrons. The molecule has 0 radical (unpaired) electrons. The summed E-state index contributed by atoms with van der Waals surface area (Å²) in [7, 11) is 0. The maximum atomic E-state index is 15.0. The van der Waals surface area contributed by atoms with Gasteiger partial charge in [0.25, 0.3) is 5.92 Å². The van der Waals surface area contributed by atoms with Crippen molar-refractivity contribution in [2.75, 3.05) is 0 Å². The summed E-state index contributed by atoms with van der Waals surface area (Å²) in [5, 5.41) is 13.6. The number of halogens is 3. The number of nitriles is 1. The number of aryl methyl sites for hydroxylation is 1. The quantitative estimate of drug-likeness (QED) is 0.587. The van der Waals surface area contributed by atoms with E-state index in [9.17, 15) is 18.4 Å². The van der Waals surface area contributed by atoms with Gasteiger partial charge in [-0.1, -0.05) is 17.0 Å². The average Bonchev–Trinajstić information content (AvgIpc) is 3.30. The van der Waals surface area contributed by atoms with E-state index in [4.69, 9.17) is 4.84 Å². The minimum Gasteiger partial charge on any atom is -0.382 e. The molecule has 7 heteroatoms. The minimum atomic E-state index is -3.06. The van der Waals surface area contributed by atoms with Gasteiger partial charge in [-0.25, -0.2) is 13.2 Å². The largest absolute Gasteiger partial charge is 0.382 e. The molecule has 2 aliphatic carbocycles. The molecule has 0 unspecified atom stereocenters. The lowest BCUT2D eigenvalue weighted by atomic mass is 9.74. The van der Waals surface area contributed by atoms with Gasteiger partial charge in [-0.15, -0.1) is 5.10 Å². The third kappa shape index (κ3) is 2.25. The fourth-order valence-electron chi connectivity index (χ4n) is 5.40. The lowest BCUT2D eigenvalue weighted by Crippen LogP contribution is -2.34. The Bertz CT molecular complexity index is 1260. The van der Waals surface area contributed by atoms with E-state index < -0.39 is 24.3 Å². The molecule has 2 aromatic carbocycles. The summed E-state index contributed by atoms with van der Waals surface area (Å²) in [5.41, 5.74) is 5.09. The van der Waals surface area contributed by atoms with Gasteiger partial charge in [-0.2, -0.15) is 5.26 Å². The predicted octanol–water partition coefficient (Wildman–Crippen LogP) is 4.70. The highest BCUT2D eigenvalue weighted by atomic mass is 19.3. The molecule has 6 rings (SSSR count). The second-order valence-electron chi connectivity index (χ2n) is 8.19. The van der Waals surface area contributed by atoms with E-state index in [1.165, 1.54) is 23.2 Å². The molecule has 1 aliphatic heterocycles. The molecular weight excluding hydrogens is 391 g/mol. The van der Waals surface area contributed by atoms with Crippen LogP contribution < -0.4 is 4.84 Å². The van der Waals surface area contributed by atoms with Crippen LogP contribution >= 0.6 is 0 Å². The van der Waals surface area contributed by atoms with E-state index >= 15 is 0 Å². The van der Waals surface area contributed by atoms with Crippen LogP contribution in [0.1, 0.15) is 58.2 Å². The first-order valence-electron chi connectivity index (χ1n) is 9.95. The second-order valence-corrected chi connectivity index (χ2v) is 8.19. The topological polar surface area (TPSA) is 50.8 Å². The third-order valence-electron chi connectivity index (χ3n) is 6.56. The Kier molecular flexibility index (Phi) is 3.45. The van der Waals surface area contributed by atoms with Crippen LogP contribution in [0.25, 0.3) is 11.3 Å². The van der Waals surface area contributed by atoms with Crippen molar-refractivity contribution in [1.29, 1.82) is 5.26 Å². The van der Waals surface area contributed by atoms with Crippen LogP contribution in [0.5, 0.6) is 0 Å². The zero-order chi connectivity index (χ0) is 20.6. The molecule has 3 aromatic rings. The summed E-state index contributed by atoms with van der Waals surface area (Å²) in [6, 6.07) is 10.3. The third-order valence-corrected chi connectivity index (χ3v) is 6.56. The summed E-state index contributed by atoms with van der Waals surface area (Å²) >= 11 is 0. The molecule has 1 aromatic heterocycles. The second kappa shape index (κ2) is 5.88. The van der Waals surface area contributed by atoms with Gasteiger partial charge in [0.15, 0.2) is 0 Å². The van der Waals surface area contributed by atoms with Crippen LogP contribution in [0, 0.1) is 17.1 Å². The number of aromatic nitrogens is 2. The number of nitrogens with zero attached hydrogens (tertiary/aromatic N) is 3. The highest BCUT2D eigenvalue weighted by Crippen LogP contribution is 2.53. The normalized spacial score (nSPS) is 22.5. The predicted molar refractivity (Wildman–Crippen MR) is 102 cm³/mol. The lowest BCUT2D eigenvalue weighted by Gasteiger charge is -2.30. The summed E-state index contributed by atoms with van der Waals surface area (Å²) < 4.78 is 44.0. The molecule has 0 amide bonds. The van der Waals surface area contributed by atoms with Crippen molar-refractivity contribution < 1.29 is 18.0 Å². The van der Waals surface area contributed by atoms with Crippen molar-refractivity contribution >= 4 is 0 Å². The first-order chi connectivity index (χ1) is 14.5. The molecule has 0 fully saturated rings. The van der Waals surface area contributed by atoms with Crippen LogP contribution in [0.2, 0.25) is 0 Å². The van der Waals surface area contributed by atoms with Crippen molar-refractivity contribution in [2.45, 2.75) is 43.6 Å². The van der Waals surface area contributed by atoms with Gasteiger partial charge in [0.1, 0.15) is 11.5 Å². The Hall–Kier alpha value is -3.27. The average molecular weight is 407 g/mol. The van der Waals surface area contributed by atoms with Gasteiger partial charge in [-0.3, -0.25) is 0 Å². The number of alkyl halides is 2. The van der Waals surface area contributed by atoms with Gasteiger partial charge in [-0.05, 0) is 59.7 Å². The minimum absolute atomic E-state index is 0.217. The SMILES string of the molecule is N#Cc1cc(F)cc2c1[C@@H](c1ccc3c4c1CC(F)(F)[C@H]4On1nccc1-3)CCC2. The van der Waals surface area contributed by atoms with E-state index in [0.29, 0.717) is 28.8 Å². The van der Waals surface area contributed by atoms with Gasteiger partial charge < -0.3 is 4.84 Å². The van der Waals surface area contributed by atoms with E-state index in [0.717, 1.165) is 29.5 Å². The van der Waals surface area contributed by atoms with Crippen molar-refractivity contribution in [3.63, 3.8) is 0 Å². The Morgan fingerprint density at radius 3 is 2.90 bits per heavy atom. The van der Waals surface area contributed by atoms with Crippen molar-refractivity contribution in [1.82, 2.24) is 9.94 Å². The molecular formula is C23H16F3N3O. The van der Waals surface area contributed by atoms with Crippen molar-refractivity contribution in [3.05, 3.63) is 75.7 Å². The van der Waals surface area contributed by atoms with E-state index in [2.05, 4.69) is 11.2 Å². The molecule has 2 atom stereocenters. The van der Waals surface area contributed by atoms with Gasteiger partial charge >= 0.3 is 0 Å². The van der Waals surface area contributed by atoms with Crippen LogP contribution in [-0.2, 0) is 12.8 Å². The number of fused-ring (bicyclic) bond motifs is 3. The van der Waals surface area contributed by atoms with E-state index in [1.807, 2.05) is 12.1 Å². The molecule has 0 N–H and O–H groups in total. The summed E-state index contributed by atoms with van der Waals surface area (Å²) in [6.45, 7) is 0. The van der Waals surface area contributed by atoms with Crippen molar-refractivity contribution in [2.24, 2.45) is 0 Å². The summed E-state index contributed by atoms with van der Waals surface area (Å²) in [6.07, 6.45) is 1.94. The Morgan fingerprint density at radius 2 is 2.07 bits per heavy atom. The highest BCUT2D eigenvalue weighted by molar-refractivity contribution is 5.71. The smallest absolute Gasteiger partial charge is 0.295 e. The molecule has 0 saturated carbocycles. The van der Waals surface area contributed by atoms with Crippen LogP contribution in [0.15, 0.2) is 36.5 Å². The molecule has 3 aliphatic rings. The van der Waals surface area contributed by atoms with E-state index in [1.54, 1.807) is 6.07 Å². The lowest BCUT2D eigenvalue weighted by molar-refractivity contribution is -0.139. The number of hydrogen-bond acceptors (Lipinski definition) is 3. The molecule has 0 spiro atoms. The molecule has 2 heterocycles. The zero-order valence-electron chi connectivity index (χ0n) is 15.8. The van der Waals surface area contributed by atoms with Crippen LogP contribution in [-0.4, -0.2) is 15.9 Å². The fourth-order valence-corrected chi connectivity index (χ4v) is 5.40. The summed E-state index contributed by atoms with van der Waals surface area (Å²) in [4.78, 5) is 6.71. The summed E-state index contributed by atoms with van der Waals surface area (Å²) in [5.74, 6) is -3.71. The fraction of sp³-hybridized carbons (Fsp3) is 0.304. The van der Waals surface area contributed by atoms with Gasteiger partial charge in [0.05, 0.1) is 17.8 Å². The standard InChI is InChI=1S/C23H16F3N3O/c24-14-8-12-2-1-3-16(20(12)13(9-14)11-27)15-4-5-17-19-6-7-28-29(19)30-22-21(17)18(15)10-23(22,25)26/h4-9,16,22H,1-3,10H2/t16-,22+/m1/s1. The molecule has 4 nitrogen and oxygen atoms in total. The zero-order valence-corrected chi connectivity index (χ0v) is 15.8. The molecule has 0 bridgehead atoms. The number of hydrogen-bond donors (Lipinski definition) is 0. The Balaban J connectivity index is 1.59. The number of benzene rings is 2. The van der Waals surface area contributed by atoms with Crippen molar-refractivity contribution in [3.8, 4) is 17.3 Å². The number of rotatable bonds is 1. The maximum absolute atomic E-state index is 15.0. The Labute approximate surface area is 170 Å². The monoisotopic (exact) mass is 407 g/mol. The van der Waals surface area contributed by atoms with Gasteiger partial charge in [0, 0.05) is 23.5 Å². The Morgan fingerprint density at radius 1 is 1.20 bits per heavy atom. The first kappa shape index (κ1) is 17.6.